The lowest BCUT2D eigenvalue weighted by Gasteiger charge is -2.12. The molecule has 6 aromatic heterocycles. The summed E-state index contributed by atoms with van der Waals surface area (Å²) in [5.41, 5.74) is 27.7. The Morgan fingerprint density at radius 3 is 0.972 bits per heavy atom. The first-order valence-electron chi connectivity index (χ1n) is 35.7. The minimum atomic E-state index is 0.625. The highest BCUT2D eigenvalue weighted by Gasteiger charge is 2.18. The maximum absolute atomic E-state index is 5.29. The van der Waals surface area contributed by atoms with Gasteiger partial charge in [-0.3, -0.25) is 0 Å². The highest BCUT2D eigenvalue weighted by atomic mass is 15.0. The molecule has 0 aliphatic carbocycles. The van der Waals surface area contributed by atoms with Gasteiger partial charge in [-0.2, -0.15) is 0 Å². The Morgan fingerprint density at radius 1 is 0.151 bits per heavy atom. The minimum Gasteiger partial charge on any atom is -0.248 e. The smallest absolute Gasteiger partial charge is 0.164 e. The quantitative estimate of drug-likeness (QED) is 0.111. The monoisotopic (exact) mass is 1350 g/mol. The van der Waals surface area contributed by atoms with Crippen molar-refractivity contribution in [3.05, 3.63) is 375 Å². The van der Waals surface area contributed by atoms with E-state index < -0.39 is 0 Å². The van der Waals surface area contributed by atoms with E-state index in [4.69, 9.17) is 39.9 Å². The molecular formula is C98H66N8. The van der Waals surface area contributed by atoms with Gasteiger partial charge in [-0.25, -0.2) is 39.9 Å². The van der Waals surface area contributed by atoms with Crippen molar-refractivity contribution in [2.24, 2.45) is 0 Å². The van der Waals surface area contributed by atoms with Crippen LogP contribution in [0.4, 0.5) is 0 Å². The summed E-state index contributed by atoms with van der Waals surface area (Å²) in [4.78, 5) is 40.7. The van der Waals surface area contributed by atoms with Crippen molar-refractivity contribution >= 4 is 54.4 Å². The summed E-state index contributed by atoms with van der Waals surface area (Å²) in [6, 6.07) is 127. The fraction of sp³-hybridized carbons (Fsp3) is 0.0204. The molecule has 19 aromatic rings. The average Bonchev–Trinajstić information content (AvgIpc) is 0.774. The normalized spacial score (nSPS) is 11.3. The van der Waals surface area contributed by atoms with Crippen LogP contribution in [0.1, 0.15) is 11.1 Å². The van der Waals surface area contributed by atoms with Gasteiger partial charge in [-0.15, -0.1) is 0 Å². The van der Waals surface area contributed by atoms with Gasteiger partial charge in [-0.05, 0) is 124 Å². The van der Waals surface area contributed by atoms with Crippen molar-refractivity contribution in [1.82, 2.24) is 39.9 Å². The number of pyridine rings is 5. The first-order chi connectivity index (χ1) is 52.3. The molecule has 498 valence electrons. The SMILES string of the molecule is Cc1cc(-c2ccc3ccccc3c2)nc2c1ccc1ccc(-c3cccc(-c4cccc(-c5nc(-c6ccccc6)nc(-c6ccccc6)n5)c4)c3)nc12.Cc1cc(-c2ccccc2)nc2c1ccc1ccc(-c3ccc(-c4ccc(-c5cc(-c6ccccc6)cc(-c6ccccc6)n5)cc4)cc3)nc12. The molecule has 0 bridgehead atoms. The van der Waals surface area contributed by atoms with E-state index in [1.807, 2.05) is 72.8 Å². The van der Waals surface area contributed by atoms with E-state index in [9.17, 15) is 0 Å². The van der Waals surface area contributed by atoms with E-state index in [2.05, 4.69) is 305 Å². The number of rotatable bonds is 12. The Hall–Kier alpha value is -14.1. The van der Waals surface area contributed by atoms with Crippen LogP contribution < -0.4 is 0 Å². The molecule has 0 spiro atoms. The zero-order valence-electron chi connectivity index (χ0n) is 58.2. The molecule has 6 heterocycles. The number of aryl methyl sites for hydroxylation is 2. The van der Waals surface area contributed by atoms with E-state index >= 15 is 0 Å². The van der Waals surface area contributed by atoms with E-state index in [-0.39, 0.29) is 0 Å². The van der Waals surface area contributed by atoms with Crippen molar-refractivity contribution < 1.29 is 0 Å². The van der Waals surface area contributed by atoms with Crippen molar-refractivity contribution in [2.45, 2.75) is 13.8 Å². The molecule has 0 unspecified atom stereocenters. The summed E-state index contributed by atoms with van der Waals surface area (Å²) in [5.74, 6) is 1.90. The fourth-order valence-electron chi connectivity index (χ4n) is 14.2. The van der Waals surface area contributed by atoms with Crippen LogP contribution >= 0.6 is 0 Å². The number of nitrogens with zero attached hydrogens (tertiary/aromatic N) is 8. The molecule has 0 N–H and O–H groups in total. The number of aromatic nitrogens is 8. The van der Waals surface area contributed by atoms with Gasteiger partial charge >= 0.3 is 0 Å². The lowest BCUT2D eigenvalue weighted by Crippen LogP contribution is -2.00. The summed E-state index contributed by atoms with van der Waals surface area (Å²) in [6.07, 6.45) is 0. The second-order valence-electron chi connectivity index (χ2n) is 26.7. The highest BCUT2D eigenvalue weighted by Crippen LogP contribution is 2.38. The molecule has 0 radical (unpaired) electrons. The molecule has 8 nitrogen and oxygen atoms in total. The predicted molar refractivity (Wildman–Crippen MR) is 437 cm³/mol. The van der Waals surface area contributed by atoms with Crippen LogP contribution in [0.25, 0.3) is 189 Å². The second-order valence-corrected chi connectivity index (χ2v) is 26.7. The zero-order valence-corrected chi connectivity index (χ0v) is 58.2. The second kappa shape index (κ2) is 28.0. The molecule has 0 atom stereocenters. The van der Waals surface area contributed by atoms with Gasteiger partial charge < -0.3 is 0 Å². The third-order valence-corrected chi connectivity index (χ3v) is 19.8. The van der Waals surface area contributed by atoms with Gasteiger partial charge in [-0.1, -0.05) is 309 Å². The first-order valence-corrected chi connectivity index (χ1v) is 35.7. The molecule has 0 fully saturated rings. The standard InChI is InChI=1S/C50H33N5.C48H33N3/c1-32-28-45(41-23-22-33-12-8-9-17-37(33)29-41)52-47-43(32)26-24-34-25-27-44(51-46(34)47)40-20-10-18-38(30-40)39-19-11-21-42(31-39)50-54-48(35-13-4-2-5-14-35)53-49(55-50)36-15-6-3-7-16-36;1-32-29-44(36-13-7-3-8-14-36)51-48-42(32)27-25-40-26-28-43(50-47(40)48)38-21-17-34(18-22-38)35-19-23-39(24-20-35)46-31-41(33-11-5-2-6-12-33)30-45(49-46)37-15-9-4-10-16-37/h2-31H,1H3;2-31H,1H3. The highest BCUT2D eigenvalue weighted by molar-refractivity contribution is 6.07. The number of benzene rings is 13. The average molecular weight is 1360 g/mol. The maximum atomic E-state index is 5.29. The Balaban J connectivity index is 0.000000151. The Bertz CT molecular complexity index is 6380. The molecule has 0 saturated carbocycles. The summed E-state index contributed by atoms with van der Waals surface area (Å²) in [7, 11) is 0. The van der Waals surface area contributed by atoms with Crippen LogP contribution in [0.3, 0.4) is 0 Å². The van der Waals surface area contributed by atoms with Gasteiger partial charge in [0.15, 0.2) is 17.5 Å². The van der Waals surface area contributed by atoms with Crippen LogP contribution in [0.5, 0.6) is 0 Å². The first kappa shape index (κ1) is 64.0. The van der Waals surface area contributed by atoms with Crippen LogP contribution in [0.2, 0.25) is 0 Å². The molecule has 0 amide bonds. The summed E-state index contributed by atoms with van der Waals surface area (Å²) in [6.45, 7) is 4.31. The van der Waals surface area contributed by atoms with E-state index in [1.54, 1.807) is 0 Å². The van der Waals surface area contributed by atoms with E-state index in [0.29, 0.717) is 17.5 Å². The Morgan fingerprint density at radius 2 is 0.462 bits per heavy atom. The number of hydrogen-bond donors (Lipinski definition) is 0. The predicted octanol–water partition coefficient (Wildman–Crippen LogP) is 24.9. The lowest BCUT2D eigenvalue weighted by molar-refractivity contribution is 1.07. The van der Waals surface area contributed by atoms with E-state index in [1.165, 1.54) is 27.5 Å². The van der Waals surface area contributed by atoms with Gasteiger partial charge in [0, 0.05) is 71.6 Å². The van der Waals surface area contributed by atoms with Gasteiger partial charge in [0.1, 0.15) is 0 Å². The van der Waals surface area contributed by atoms with Crippen molar-refractivity contribution in [3.8, 4) is 135 Å². The summed E-state index contributed by atoms with van der Waals surface area (Å²) >= 11 is 0. The maximum Gasteiger partial charge on any atom is 0.164 e. The fourth-order valence-corrected chi connectivity index (χ4v) is 14.2. The third-order valence-electron chi connectivity index (χ3n) is 19.8. The van der Waals surface area contributed by atoms with Crippen LogP contribution in [-0.2, 0) is 0 Å². The molecule has 0 saturated heterocycles. The van der Waals surface area contributed by atoms with Gasteiger partial charge in [0.05, 0.1) is 56.2 Å². The van der Waals surface area contributed by atoms with Crippen molar-refractivity contribution in [2.75, 3.05) is 0 Å². The number of hydrogen-bond acceptors (Lipinski definition) is 8. The third kappa shape index (κ3) is 13.0. The number of fused-ring (bicyclic) bond motifs is 7. The van der Waals surface area contributed by atoms with Gasteiger partial charge in [0.25, 0.3) is 0 Å². The van der Waals surface area contributed by atoms with E-state index in [0.717, 1.165) is 156 Å². The van der Waals surface area contributed by atoms with Crippen molar-refractivity contribution in [3.63, 3.8) is 0 Å². The molecule has 106 heavy (non-hydrogen) atoms. The van der Waals surface area contributed by atoms with Crippen LogP contribution in [-0.4, -0.2) is 39.9 Å². The van der Waals surface area contributed by atoms with Crippen LogP contribution in [0, 0.1) is 13.8 Å². The Kier molecular flexibility index (Phi) is 16.9. The lowest BCUT2D eigenvalue weighted by atomic mass is 9.98. The summed E-state index contributed by atoms with van der Waals surface area (Å²) < 4.78 is 0. The molecular weight excluding hydrogens is 1290 g/mol. The molecule has 0 aliphatic rings. The van der Waals surface area contributed by atoms with Crippen molar-refractivity contribution in [1.29, 1.82) is 0 Å². The molecule has 0 aliphatic heterocycles. The topological polar surface area (TPSA) is 103 Å². The summed E-state index contributed by atoms with van der Waals surface area (Å²) in [5, 5.41) is 6.80. The molecule has 19 rings (SSSR count). The largest absolute Gasteiger partial charge is 0.248 e. The zero-order chi connectivity index (χ0) is 70.9. The molecule has 13 aromatic carbocycles. The van der Waals surface area contributed by atoms with Gasteiger partial charge in [0.2, 0.25) is 0 Å². The minimum absolute atomic E-state index is 0.625. The molecule has 8 heteroatoms. The Labute approximate surface area is 614 Å². The van der Waals surface area contributed by atoms with Crippen LogP contribution in [0.15, 0.2) is 364 Å².